The molecule has 1 unspecified atom stereocenters. The number of aliphatic hydroxyl groups excluding tert-OH is 1. The van der Waals surface area contributed by atoms with E-state index >= 15 is 0 Å². The summed E-state index contributed by atoms with van der Waals surface area (Å²) in [6, 6.07) is 1.68. The van der Waals surface area contributed by atoms with Crippen LogP contribution in [0.1, 0.15) is 0 Å². The van der Waals surface area contributed by atoms with Crippen LogP contribution in [0.5, 0.6) is 0 Å². The van der Waals surface area contributed by atoms with Crippen LogP contribution in [0, 0.1) is 0 Å². The first-order valence-electron chi connectivity index (χ1n) is 3.56. The van der Waals surface area contributed by atoms with Crippen LogP contribution >= 0.6 is 0 Å². The summed E-state index contributed by atoms with van der Waals surface area (Å²) in [6.07, 6.45) is 2.14. The van der Waals surface area contributed by atoms with Gasteiger partial charge in [-0.05, 0) is 6.07 Å². The number of amides is 1. The molecule has 0 aliphatic carbocycles. The summed E-state index contributed by atoms with van der Waals surface area (Å²) in [7, 11) is 0. The predicted molar refractivity (Wildman–Crippen MR) is 44.5 cm³/mol. The number of H-pyrrole nitrogens is 1. The van der Waals surface area contributed by atoms with Gasteiger partial charge in [-0.2, -0.15) is 0 Å². The Kier molecular flexibility index (Phi) is 2.84. The first kappa shape index (κ1) is 8.76. The van der Waals surface area contributed by atoms with Gasteiger partial charge < -0.3 is 21.1 Å². The summed E-state index contributed by atoms with van der Waals surface area (Å²) in [5.41, 5.74) is 5.70. The van der Waals surface area contributed by atoms with Gasteiger partial charge in [-0.15, -0.1) is 0 Å². The summed E-state index contributed by atoms with van der Waals surface area (Å²) in [5.74, 6) is -0.489. The third kappa shape index (κ3) is 2.08. The Balaban J connectivity index is 2.47. The van der Waals surface area contributed by atoms with Crippen LogP contribution in [-0.2, 0) is 4.79 Å². The van der Waals surface area contributed by atoms with E-state index in [1.54, 1.807) is 18.5 Å². The van der Waals surface area contributed by atoms with Crippen molar-refractivity contribution in [3.63, 3.8) is 0 Å². The van der Waals surface area contributed by atoms with E-state index in [1.165, 1.54) is 0 Å². The molecule has 0 saturated heterocycles. The topological polar surface area (TPSA) is 91.1 Å². The average molecular weight is 169 g/mol. The standard InChI is InChI=1S/C7H11N3O2/c8-3-6(11)7(12)10-5-1-2-9-4-5/h1-2,4,6,9,11H,3,8H2,(H,10,12). The number of aliphatic hydroxyl groups is 1. The molecule has 66 valence electrons. The highest BCUT2D eigenvalue weighted by atomic mass is 16.3. The minimum Gasteiger partial charge on any atom is -0.382 e. The number of hydrogen-bond donors (Lipinski definition) is 4. The van der Waals surface area contributed by atoms with Crippen molar-refractivity contribution in [2.75, 3.05) is 11.9 Å². The second kappa shape index (κ2) is 3.89. The van der Waals surface area contributed by atoms with E-state index in [2.05, 4.69) is 10.3 Å². The summed E-state index contributed by atoms with van der Waals surface area (Å²) in [6.45, 7) is -0.0732. The predicted octanol–water partition coefficient (Wildman–Crippen LogP) is -0.727. The minimum absolute atomic E-state index is 0.0732. The second-order valence-corrected chi connectivity index (χ2v) is 2.34. The number of nitrogens with one attached hydrogen (secondary N) is 2. The Morgan fingerprint density at radius 3 is 3.08 bits per heavy atom. The lowest BCUT2D eigenvalue weighted by atomic mass is 10.3. The van der Waals surface area contributed by atoms with E-state index in [-0.39, 0.29) is 6.54 Å². The maximum absolute atomic E-state index is 11.0. The van der Waals surface area contributed by atoms with Gasteiger partial charge in [-0.25, -0.2) is 0 Å². The van der Waals surface area contributed by atoms with Crippen molar-refractivity contribution in [3.05, 3.63) is 18.5 Å². The molecule has 1 atom stereocenters. The molecule has 12 heavy (non-hydrogen) atoms. The van der Waals surface area contributed by atoms with Crippen molar-refractivity contribution >= 4 is 11.6 Å². The van der Waals surface area contributed by atoms with E-state index in [0.29, 0.717) is 5.69 Å². The Bertz CT molecular complexity index is 245. The lowest BCUT2D eigenvalue weighted by molar-refractivity contribution is -0.123. The summed E-state index contributed by atoms with van der Waals surface area (Å²) < 4.78 is 0. The van der Waals surface area contributed by atoms with Gasteiger partial charge in [0.25, 0.3) is 5.91 Å². The number of anilines is 1. The quantitative estimate of drug-likeness (QED) is 0.481. The molecule has 1 aromatic heterocycles. The van der Waals surface area contributed by atoms with Gasteiger partial charge in [0, 0.05) is 18.9 Å². The minimum atomic E-state index is -1.14. The third-order valence-electron chi connectivity index (χ3n) is 1.39. The number of carbonyl (C=O) groups excluding carboxylic acids is 1. The highest BCUT2D eigenvalue weighted by molar-refractivity contribution is 5.93. The van der Waals surface area contributed by atoms with Gasteiger partial charge in [-0.1, -0.05) is 0 Å². The van der Waals surface area contributed by atoms with Crippen molar-refractivity contribution in [3.8, 4) is 0 Å². The van der Waals surface area contributed by atoms with Crippen LogP contribution in [0.15, 0.2) is 18.5 Å². The fraction of sp³-hybridized carbons (Fsp3) is 0.286. The van der Waals surface area contributed by atoms with Gasteiger partial charge in [0.2, 0.25) is 0 Å². The molecule has 1 amide bonds. The lowest BCUT2D eigenvalue weighted by Crippen LogP contribution is -2.33. The molecule has 0 spiro atoms. The van der Waals surface area contributed by atoms with Gasteiger partial charge >= 0.3 is 0 Å². The number of rotatable bonds is 3. The van der Waals surface area contributed by atoms with Crippen molar-refractivity contribution in [1.82, 2.24) is 4.98 Å². The lowest BCUT2D eigenvalue weighted by Gasteiger charge is -2.06. The molecule has 0 aliphatic rings. The Morgan fingerprint density at radius 1 is 1.83 bits per heavy atom. The van der Waals surface area contributed by atoms with Crippen LogP contribution in [-0.4, -0.2) is 28.6 Å². The van der Waals surface area contributed by atoms with Gasteiger partial charge in [-0.3, -0.25) is 4.79 Å². The fourth-order valence-electron chi connectivity index (χ4n) is 0.734. The van der Waals surface area contributed by atoms with Crippen molar-refractivity contribution in [1.29, 1.82) is 0 Å². The van der Waals surface area contributed by atoms with Crippen molar-refractivity contribution in [2.45, 2.75) is 6.10 Å². The fourth-order valence-corrected chi connectivity index (χ4v) is 0.734. The van der Waals surface area contributed by atoms with Gasteiger partial charge in [0.05, 0.1) is 5.69 Å². The zero-order chi connectivity index (χ0) is 8.97. The first-order valence-corrected chi connectivity index (χ1v) is 3.56. The molecular weight excluding hydrogens is 158 g/mol. The second-order valence-electron chi connectivity index (χ2n) is 2.34. The van der Waals surface area contributed by atoms with E-state index in [4.69, 9.17) is 10.8 Å². The highest BCUT2D eigenvalue weighted by Crippen LogP contribution is 2.03. The molecule has 0 radical (unpaired) electrons. The number of aromatic amines is 1. The molecule has 0 saturated carbocycles. The molecule has 1 aromatic rings. The normalized spacial score (nSPS) is 12.5. The average Bonchev–Trinajstić information content (AvgIpc) is 2.55. The van der Waals surface area contributed by atoms with Crippen molar-refractivity contribution in [2.24, 2.45) is 5.73 Å². The molecule has 0 aliphatic heterocycles. The zero-order valence-electron chi connectivity index (χ0n) is 6.45. The number of carbonyl (C=O) groups is 1. The molecule has 0 aromatic carbocycles. The van der Waals surface area contributed by atoms with E-state index < -0.39 is 12.0 Å². The Morgan fingerprint density at radius 2 is 2.58 bits per heavy atom. The molecule has 0 fully saturated rings. The molecule has 5 N–H and O–H groups in total. The van der Waals surface area contributed by atoms with Crippen LogP contribution in [0.25, 0.3) is 0 Å². The SMILES string of the molecule is NCC(O)C(=O)Nc1cc[nH]c1. The third-order valence-corrected chi connectivity index (χ3v) is 1.39. The van der Waals surface area contributed by atoms with Gasteiger partial charge in [0.15, 0.2) is 0 Å². The first-order chi connectivity index (χ1) is 5.74. The molecule has 0 bridgehead atoms. The smallest absolute Gasteiger partial charge is 0.254 e. The monoisotopic (exact) mass is 169 g/mol. The van der Waals surface area contributed by atoms with Crippen LogP contribution in [0.2, 0.25) is 0 Å². The van der Waals surface area contributed by atoms with Crippen LogP contribution in [0.4, 0.5) is 5.69 Å². The maximum atomic E-state index is 11.0. The Hall–Kier alpha value is -1.33. The molecular formula is C7H11N3O2. The van der Waals surface area contributed by atoms with Crippen molar-refractivity contribution < 1.29 is 9.90 Å². The zero-order valence-corrected chi connectivity index (χ0v) is 6.45. The van der Waals surface area contributed by atoms with E-state index in [0.717, 1.165) is 0 Å². The molecule has 1 rings (SSSR count). The van der Waals surface area contributed by atoms with Gasteiger partial charge in [0.1, 0.15) is 6.10 Å². The Labute approximate surface area is 69.6 Å². The largest absolute Gasteiger partial charge is 0.382 e. The maximum Gasteiger partial charge on any atom is 0.254 e. The number of hydrogen-bond acceptors (Lipinski definition) is 3. The molecule has 1 heterocycles. The molecule has 5 heteroatoms. The molecule has 5 nitrogen and oxygen atoms in total. The number of nitrogens with two attached hydrogens (primary N) is 1. The van der Waals surface area contributed by atoms with E-state index in [9.17, 15) is 4.79 Å². The summed E-state index contributed by atoms with van der Waals surface area (Å²) >= 11 is 0. The number of aromatic nitrogens is 1. The summed E-state index contributed by atoms with van der Waals surface area (Å²) in [5, 5.41) is 11.5. The van der Waals surface area contributed by atoms with Crippen LogP contribution in [0.3, 0.4) is 0 Å². The van der Waals surface area contributed by atoms with E-state index in [1.807, 2.05) is 0 Å². The summed E-state index contributed by atoms with van der Waals surface area (Å²) in [4.78, 5) is 13.8. The highest BCUT2D eigenvalue weighted by Gasteiger charge is 2.12. The van der Waals surface area contributed by atoms with Crippen LogP contribution < -0.4 is 11.1 Å².